The van der Waals surface area contributed by atoms with Crippen LogP contribution in [0.25, 0.3) is 65.3 Å². The highest BCUT2D eigenvalue weighted by Crippen LogP contribution is 2.52. The van der Waals surface area contributed by atoms with Gasteiger partial charge >= 0.3 is 0 Å². The second-order valence-corrected chi connectivity index (χ2v) is 10.1. The summed E-state index contributed by atoms with van der Waals surface area (Å²) < 4.78 is 96.6. The van der Waals surface area contributed by atoms with E-state index in [2.05, 4.69) is 38.1 Å². The molecule has 0 nitrogen and oxygen atoms in total. The lowest BCUT2D eigenvalue weighted by Crippen LogP contribution is -2.15. The fourth-order valence-electron chi connectivity index (χ4n) is 6.11. The molecule has 0 saturated carbocycles. The van der Waals surface area contributed by atoms with E-state index in [1.165, 1.54) is 0 Å². The lowest BCUT2D eigenvalue weighted by molar-refractivity contribution is 0.666. The molecule has 0 unspecified atom stereocenters. The van der Waals surface area contributed by atoms with Crippen molar-refractivity contribution in [2.75, 3.05) is 0 Å². The molecule has 7 aromatic rings. The summed E-state index contributed by atoms with van der Waals surface area (Å²) in [5.41, 5.74) is 4.44. The second-order valence-electron chi connectivity index (χ2n) is 10.1. The lowest BCUT2D eigenvalue weighted by atomic mass is 9.79. The Morgan fingerprint density at radius 2 is 1.32 bits per heavy atom. The first-order chi connectivity index (χ1) is 22.7. The normalized spacial score (nSPS) is 18.1. The van der Waals surface area contributed by atoms with E-state index in [1.807, 2.05) is 30.3 Å². The number of hydrogen-bond donors (Lipinski definition) is 0. The van der Waals surface area contributed by atoms with Gasteiger partial charge in [-0.1, -0.05) is 123 Å². The largest absolute Gasteiger partial charge is 0.0636 e. The maximum absolute atomic E-state index is 9.34. The van der Waals surface area contributed by atoms with Crippen LogP contribution in [0.5, 0.6) is 0 Å². The zero-order valence-corrected chi connectivity index (χ0v) is 20.2. The van der Waals surface area contributed by atoms with Crippen molar-refractivity contribution in [3.05, 3.63) is 132 Å². The van der Waals surface area contributed by atoms with Crippen LogP contribution in [0.2, 0.25) is 0 Å². The van der Waals surface area contributed by atoms with Crippen molar-refractivity contribution in [1.29, 1.82) is 0 Å². The Balaban J connectivity index is 1.60. The van der Waals surface area contributed by atoms with Crippen LogP contribution in [0.1, 0.15) is 40.1 Å². The minimum atomic E-state index is -0.567. The SMILES string of the molecule is [2H]c1c([2H])c([2H])c2c([2H])c3c(c([2H])c([2H])c4c([2H])c([2H])c([2H])c([2H])c43)c(-c3ccc4c(c3)C(C)(C)c3c-4ccc4ccccc34)c2c1[2H]. The molecule has 0 fully saturated rings. The van der Waals surface area contributed by atoms with Crippen molar-refractivity contribution in [3.8, 4) is 22.3 Å². The molecular formula is C37H26. The molecule has 0 aromatic heterocycles. The number of benzene rings is 7. The summed E-state index contributed by atoms with van der Waals surface area (Å²) >= 11 is 0. The summed E-state index contributed by atoms with van der Waals surface area (Å²) in [5, 5.41) is 1.75. The molecule has 1 aliphatic rings. The third kappa shape index (κ3) is 2.79. The first-order valence-corrected chi connectivity index (χ1v) is 12.2. The zero-order chi connectivity index (χ0) is 34.3. The monoisotopic (exact) mass is 481 g/mol. The van der Waals surface area contributed by atoms with E-state index in [-0.39, 0.29) is 43.9 Å². The van der Waals surface area contributed by atoms with E-state index in [0.717, 1.165) is 33.0 Å². The molecule has 0 N–H and O–H groups in total. The summed E-state index contributed by atoms with van der Waals surface area (Å²) in [6.07, 6.45) is 0. The summed E-state index contributed by atoms with van der Waals surface area (Å²) in [6.45, 7) is 4.26. The molecule has 7 aromatic carbocycles. The van der Waals surface area contributed by atoms with Gasteiger partial charge in [0.15, 0.2) is 0 Å². The Morgan fingerprint density at radius 3 is 2.22 bits per heavy atom. The standard InChI is InChI=1S/C37H26/c1-37(2)34-22-26(17-18-30(34)32-20-16-24-10-4-8-14-29(24)36(32)37)35-28-13-7-5-11-25(28)21-33-27-12-6-3-9-23(27)15-19-31(33)35/h3-22H,1-2H3/i3D,5D,6D,7D,9D,11D,12D,13D,15D,19D,21D. The number of hydrogen-bond acceptors (Lipinski definition) is 0. The molecule has 0 atom stereocenters. The summed E-state index contributed by atoms with van der Waals surface area (Å²) in [4.78, 5) is 0. The van der Waals surface area contributed by atoms with Gasteiger partial charge in [-0.2, -0.15) is 0 Å². The molecule has 0 bridgehead atoms. The van der Waals surface area contributed by atoms with Crippen LogP contribution in [-0.2, 0) is 5.41 Å². The maximum atomic E-state index is 9.34. The Morgan fingerprint density at radius 1 is 0.568 bits per heavy atom. The Bertz CT molecular complexity index is 2660. The van der Waals surface area contributed by atoms with Crippen molar-refractivity contribution in [2.24, 2.45) is 0 Å². The van der Waals surface area contributed by atoms with Crippen LogP contribution in [0.3, 0.4) is 0 Å². The van der Waals surface area contributed by atoms with E-state index in [0.29, 0.717) is 5.56 Å². The van der Waals surface area contributed by atoms with Gasteiger partial charge in [0.2, 0.25) is 0 Å². The van der Waals surface area contributed by atoms with E-state index in [1.54, 1.807) is 0 Å². The number of rotatable bonds is 1. The van der Waals surface area contributed by atoms with Gasteiger partial charge in [-0.25, -0.2) is 0 Å². The predicted octanol–water partition coefficient (Wildman–Crippen LogP) is 10.3. The van der Waals surface area contributed by atoms with E-state index >= 15 is 0 Å². The van der Waals surface area contributed by atoms with Gasteiger partial charge in [0.05, 0.1) is 15.1 Å². The third-order valence-electron chi connectivity index (χ3n) is 7.76. The zero-order valence-electron chi connectivity index (χ0n) is 31.2. The molecule has 0 radical (unpaired) electrons. The van der Waals surface area contributed by atoms with Crippen molar-refractivity contribution in [2.45, 2.75) is 19.3 Å². The minimum Gasteiger partial charge on any atom is -0.0616 e. The third-order valence-corrected chi connectivity index (χ3v) is 7.76. The Labute approximate surface area is 232 Å². The minimum absolute atomic E-state index is 0.0188. The van der Waals surface area contributed by atoms with Crippen LogP contribution >= 0.6 is 0 Å². The predicted molar refractivity (Wildman–Crippen MR) is 159 cm³/mol. The number of fused-ring (bicyclic) bond motifs is 9. The fourth-order valence-corrected chi connectivity index (χ4v) is 6.11. The van der Waals surface area contributed by atoms with E-state index < -0.39 is 65.8 Å². The van der Waals surface area contributed by atoms with Crippen LogP contribution in [-0.4, -0.2) is 0 Å². The molecule has 174 valence electrons. The van der Waals surface area contributed by atoms with E-state index in [4.69, 9.17) is 12.3 Å². The summed E-state index contributed by atoms with van der Waals surface area (Å²) in [7, 11) is 0. The molecule has 0 heterocycles. The molecule has 0 saturated heterocycles. The van der Waals surface area contributed by atoms with Crippen molar-refractivity contribution in [1.82, 2.24) is 0 Å². The topological polar surface area (TPSA) is 0 Å². The van der Waals surface area contributed by atoms with Gasteiger partial charge < -0.3 is 0 Å². The Kier molecular flexibility index (Phi) is 2.51. The second kappa shape index (κ2) is 7.31. The molecule has 1 aliphatic carbocycles. The first-order valence-electron chi connectivity index (χ1n) is 17.7. The highest BCUT2D eigenvalue weighted by molar-refractivity contribution is 6.20. The van der Waals surface area contributed by atoms with Gasteiger partial charge in [-0.15, -0.1) is 0 Å². The van der Waals surface area contributed by atoms with Crippen LogP contribution in [0.4, 0.5) is 0 Å². The molecule has 37 heavy (non-hydrogen) atoms. The van der Waals surface area contributed by atoms with Crippen LogP contribution in [0.15, 0.2) is 121 Å². The summed E-state index contributed by atoms with van der Waals surface area (Å²) in [5.74, 6) is 0. The highest BCUT2D eigenvalue weighted by Gasteiger charge is 2.37. The molecule has 0 spiro atoms. The average molecular weight is 482 g/mol. The van der Waals surface area contributed by atoms with Crippen molar-refractivity contribution >= 4 is 43.1 Å². The van der Waals surface area contributed by atoms with Gasteiger partial charge in [0, 0.05) is 5.41 Å². The fraction of sp³-hybridized carbons (Fsp3) is 0.0811. The lowest BCUT2D eigenvalue weighted by Gasteiger charge is -2.24. The van der Waals surface area contributed by atoms with E-state index in [9.17, 15) is 2.74 Å². The highest BCUT2D eigenvalue weighted by atomic mass is 14.4. The van der Waals surface area contributed by atoms with Gasteiger partial charge in [-0.05, 0) is 88.6 Å². The van der Waals surface area contributed by atoms with Gasteiger partial charge in [0.25, 0.3) is 0 Å². The molecule has 0 aliphatic heterocycles. The maximum Gasteiger partial charge on any atom is 0.0636 e. The summed E-state index contributed by atoms with van der Waals surface area (Å²) in [6, 6.07) is 12.8. The molecule has 0 amide bonds. The molecule has 8 rings (SSSR count). The van der Waals surface area contributed by atoms with Gasteiger partial charge in [0.1, 0.15) is 0 Å². The van der Waals surface area contributed by atoms with Gasteiger partial charge in [-0.3, -0.25) is 0 Å². The van der Waals surface area contributed by atoms with Crippen molar-refractivity contribution < 1.29 is 15.1 Å². The average Bonchev–Trinajstić information content (AvgIpc) is 3.31. The smallest absolute Gasteiger partial charge is 0.0616 e. The van der Waals surface area contributed by atoms with Crippen LogP contribution in [0, 0.1) is 0 Å². The quantitative estimate of drug-likeness (QED) is 0.162. The first kappa shape index (κ1) is 12.7. The Hall–Kier alpha value is -4.42. The van der Waals surface area contributed by atoms with Crippen molar-refractivity contribution in [3.63, 3.8) is 0 Å². The molecular weight excluding hydrogens is 444 g/mol. The molecule has 0 heteroatoms. The van der Waals surface area contributed by atoms with Crippen LogP contribution < -0.4 is 0 Å².